The molecule has 0 saturated carbocycles. The summed E-state index contributed by atoms with van der Waals surface area (Å²) in [5.41, 5.74) is 12.1. The number of nitrogens with one attached hydrogen (secondary N) is 2. The summed E-state index contributed by atoms with van der Waals surface area (Å²) in [5, 5.41) is 6.17. The van der Waals surface area contributed by atoms with Gasteiger partial charge in [-0.2, -0.15) is 0 Å². The number of rotatable bonds is 5. The molecule has 224 valence electrons. The summed E-state index contributed by atoms with van der Waals surface area (Å²) in [5.74, 6) is 1.60. The zero-order chi connectivity index (χ0) is 31.2. The Kier molecular flexibility index (Phi) is 6.53. The van der Waals surface area contributed by atoms with E-state index in [9.17, 15) is 0 Å². The molecule has 5 heteroatoms. The Bertz CT molecular complexity index is 2410. The van der Waals surface area contributed by atoms with Crippen molar-refractivity contribution in [3.8, 4) is 22.5 Å². The van der Waals surface area contributed by atoms with Crippen molar-refractivity contribution in [3.05, 3.63) is 163 Å². The molecular formula is C42H31N5. The Morgan fingerprint density at radius 1 is 0.489 bits per heavy atom. The zero-order valence-electron chi connectivity index (χ0n) is 25.7. The van der Waals surface area contributed by atoms with Crippen molar-refractivity contribution >= 4 is 50.5 Å². The monoisotopic (exact) mass is 605 g/mol. The SMILES string of the molecule is c1ccc(N(c2cccc(-c3cccc4c3Nc3ccccc3CC4)n2)c2cccc(-c3cccc4c3[nH]c3ccccc34)n2)cc1. The average molecular weight is 606 g/mol. The lowest BCUT2D eigenvalue weighted by atomic mass is 10.0. The van der Waals surface area contributed by atoms with Crippen LogP contribution in [0.1, 0.15) is 11.1 Å². The van der Waals surface area contributed by atoms with E-state index in [0.29, 0.717) is 0 Å². The molecule has 0 unspecified atom stereocenters. The fraction of sp³-hybridized carbons (Fsp3) is 0.0476. The van der Waals surface area contributed by atoms with Crippen LogP contribution in [-0.2, 0) is 12.8 Å². The van der Waals surface area contributed by atoms with Crippen molar-refractivity contribution < 1.29 is 0 Å². The van der Waals surface area contributed by atoms with E-state index in [1.165, 1.54) is 21.9 Å². The summed E-state index contributed by atoms with van der Waals surface area (Å²) in [6, 6.07) is 52.8. The highest BCUT2D eigenvalue weighted by Crippen LogP contribution is 2.40. The van der Waals surface area contributed by atoms with Crippen LogP contribution in [0.2, 0.25) is 0 Å². The molecule has 0 radical (unpaired) electrons. The molecule has 0 spiro atoms. The van der Waals surface area contributed by atoms with Gasteiger partial charge in [0.05, 0.1) is 22.6 Å². The highest BCUT2D eigenvalue weighted by molar-refractivity contribution is 6.11. The first kappa shape index (κ1) is 27.1. The Balaban J connectivity index is 1.17. The van der Waals surface area contributed by atoms with Crippen LogP contribution in [0.15, 0.2) is 152 Å². The first-order chi connectivity index (χ1) is 23.3. The van der Waals surface area contributed by atoms with Gasteiger partial charge >= 0.3 is 0 Å². The Morgan fingerprint density at radius 2 is 1.11 bits per heavy atom. The summed E-state index contributed by atoms with van der Waals surface area (Å²) in [6.07, 6.45) is 1.98. The Hall–Kier alpha value is -6.20. The Labute approximate surface area is 273 Å². The van der Waals surface area contributed by atoms with E-state index in [2.05, 4.69) is 161 Å². The number of benzene rings is 5. The fourth-order valence-corrected chi connectivity index (χ4v) is 6.87. The maximum atomic E-state index is 5.31. The number of pyridine rings is 2. The van der Waals surface area contributed by atoms with Gasteiger partial charge in [0.2, 0.25) is 0 Å². The van der Waals surface area contributed by atoms with Crippen molar-refractivity contribution in [2.24, 2.45) is 0 Å². The van der Waals surface area contributed by atoms with Gasteiger partial charge in [-0.3, -0.25) is 4.90 Å². The highest BCUT2D eigenvalue weighted by Gasteiger charge is 2.20. The van der Waals surface area contributed by atoms with Gasteiger partial charge in [0, 0.05) is 38.8 Å². The highest BCUT2D eigenvalue weighted by atomic mass is 15.2. The molecule has 4 heterocycles. The van der Waals surface area contributed by atoms with Crippen LogP contribution in [0.4, 0.5) is 28.7 Å². The van der Waals surface area contributed by atoms with Crippen molar-refractivity contribution in [3.63, 3.8) is 0 Å². The number of aryl methyl sites for hydroxylation is 2. The van der Waals surface area contributed by atoms with E-state index in [0.717, 1.165) is 75.1 Å². The van der Waals surface area contributed by atoms with E-state index < -0.39 is 0 Å². The van der Waals surface area contributed by atoms with Crippen molar-refractivity contribution in [1.82, 2.24) is 15.0 Å². The maximum Gasteiger partial charge on any atom is 0.139 e. The van der Waals surface area contributed by atoms with Crippen LogP contribution in [0.5, 0.6) is 0 Å². The first-order valence-electron chi connectivity index (χ1n) is 16.1. The zero-order valence-corrected chi connectivity index (χ0v) is 25.7. The van der Waals surface area contributed by atoms with Crippen LogP contribution in [0.25, 0.3) is 44.3 Å². The largest absolute Gasteiger partial charge is 0.355 e. The van der Waals surface area contributed by atoms with E-state index in [-0.39, 0.29) is 0 Å². The van der Waals surface area contributed by atoms with Gasteiger partial charge in [0.25, 0.3) is 0 Å². The van der Waals surface area contributed by atoms with Gasteiger partial charge in [0.15, 0.2) is 0 Å². The van der Waals surface area contributed by atoms with Crippen molar-refractivity contribution in [2.75, 3.05) is 10.2 Å². The number of fused-ring (bicyclic) bond motifs is 5. The van der Waals surface area contributed by atoms with Crippen LogP contribution in [0, 0.1) is 0 Å². The molecule has 3 aromatic heterocycles. The van der Waals surface area contributed by atoms with Gasteiger partial charge in [-0.15, -0.1) is 0 Å². The summed E-state index contributed by atoms with van der Waals surface area (Å²) in [7, 11) is 0. The smallest absolute Gasteiger partial charge is 0.139 e. The third-order valence-electron chi connectivity index (χ3n) is 9.13. The first-order valence-corrected chi connectivity index (χ1v) is 16.1. The van der Waals surface area contributed by atoms with E-state index in [1.807, 2.05) is 6.07 Å². The number of nitrogens with zero attached hydrogens (tertiary/aromatic N) is 3. The van der Waals surface area contributed by atoms with Crippen LogP contribution in [0.3, 0.4) is 0 Å². The molecule has 1 aliphatic heterocycles. The number of anilines is 5. The van der Waals surface area contributed by atoms with Gasteiger partial charge in [0.1, 0.15) is 11.6 Å². The van der Waals surface area contributed by atoms with Crippen LogP contribution < -0.4 is 10.2 Å². The predicted molar refractivity (Wildman–Crippen MR) is 194 cm³/mol. The number of hydrogen-bond acceptors (Lipinski definition) is 4. The quantitative estimate of drug-likeness (QED) is 0.205. The molecule has 0 aliphatic carbocycles. The van der Waals surface area contributed by atoms with Gasteiger partial charge < -0.3 is 10.3 Å². The number of H-pyrrole nitrogens is 1. The molecule has 5 nitrogen and oxygen atoms in total. The molecule has 0 amide bonds. The summed E-state index contributed by atoms with van der Waals surface area (Å²) in [6.45, 7) is 0. The van der Waals surface area contributed by atoms with E-state index in [1.54, 1.807) is 0 Å². The summed E-state index contributed by atoms with van der Waals surface area (Å²) in [4.78, 5) is 16.4. The third kappa shape index (κ3) is 4.80. The van der Waals surface area contributed by atoms with Crippen LogP contribution in [-0.4, -0.2) is 15.0 Å². The van der Waals surface area contributed by atoms with E-state index >= 15 is 0 Å². The second-order valence-corrected chi connectivity index (χ2v) is 12.0. The number of hydrogen-bond donors (Lipinski definition) is 2. The number of aromatic amines is 1. The third-order valence-corrected chi connectivity index (χ3v) is 9.13. The second-order valence-electron chi connectivity index (χ2n) is 12.0. The molecule has 8 aromatic rings. The van der Waals surface area contributed by atoms with Gasteiger partial charge in [-0.25, -0.2) is 9.97 Å². The lowest BCUT2D eigenvalue weighted by Crippen LogP contribution is -2.13. The minimum atomic E-state index is 0.797. The lowest BCUT2D eigenvalue weighted by Gasteiger charge is -2.24. The van der Waals surface area contributed by atoms with Crippen molar-refractivity contribution in [2.45, 2.75) is 12.8 Å². The molecule has 2 N–H and O–H groups in total. The van der Waals surface area contributed by atoms with Gasteiger partial charge in [-0.1, -0.05) is 103 Å². The van der Waals surface area contributed by atoms with Gasteiger partial charge in [-0.05, 0) is 72.5 Å². The average Bonchev–Trinajstić information content (AvgIpc) is 3.40. The predicted octanol–water partition coefficient (Wildman–Crippen LogP) is 10.8. The topological polar surface area (TPSA) is 56.8 Å². The molecule has 0 bridgehead atoms. The molecule has 1 aliphatic rings. The second kappa shape index (κ2) is 11.3. The lowest BCUT2D eigenvalue weighted by molar-refractivity contribution is 0.977. The van der Waals surface area contributed by atoms with Crippen LogP contribution >= 0.6 is 0 Å². The molecule has 0 saturated heterocycles. The molecule has 5 aromatic carbocycles. The molecule has 0 fully saturated rings. The number of aromatic nitrogens is 3. The molecular weight excluding hydrogens is 574 g/mol. The fourth-order valence-electron chi connectivity index (χ4n) is 6.87. The minimum Gasteiger partial charge on any atom is -0.355 e. The minimum absolute atomic E-state index is 0.797. The standard InChI is InChI=1S/C42H31N5/c1-2-14-30(15-3-1)47(40-25-11-23-38(44-40)34-19-9-17-32-31-16-5-7-21-36(31)46-42(32)34)39-24-10-22-37(43-39)33-18-8-13-29-27-26-28-12-4-6-20-35(28)45-41(29)33/h1-25,45-46H,26-27H2. The molecule has 47 heavy (non-hydrogen) atoms. The summed E-state index contributed by atoms with van der Waals surface area (Å²) < 4.78 is 0. The Morgan fingerprint density at radius 3 is 1.96 bits per heavy atom. The number of para-hydroxylation sites is 5. The van der Waals surface area contributed by atoms with E-state index in [4.69, 9.17) is 9.97 Å². The normalized spacial score (nSPS) is 12.3. The molecule has 0 atom stereocenters. The maximum absolute atomic E-state index is 5.31. The molecule has 9 rings (SSSR count). The van der Waals surface area contributed by atoms with Crippen molar-refractivity contribution in [1.29, 1.82) is 0 Å². The summed E-state index contributed by atoms with van der Waals surface area (Å²) >= 11 is 0.